The summed E-state index contributed by atoms with van der Waals surface area (Å²) >= 11 is 0. The standard InChI is InChI=1S/C30H42O7/c1-4-20-10-14-24(15-11-20)36-26(5-2)30(35)37-27-8-6-7-21-12-9-19(3)25(29(21)27)16-13-22(31)17-23(32)18-28(33)34/h7,9-12,14-15,19,22-23,25-27,29,31-32H,4-6,8,13,16-18H2,1-3H3,(H,33,34). The zero-order chi connectivity index (χ0) is 26.9. The number of aryl methyl sites for hydroxylation is 1. The maximum atomic E-state index is 13.2. The number of carbonyl (C=O) groups excluding carboxylic acids is 1. The highest BCUT2D eigenvalue weighted by Gasteiger charge is 2.40. The van der Waals surface area contributed by atoms with Crippen molar-refractivity contribution in [3.63, 3.8) is 0 Å². The van der Waals surface area contributed by atoms with Crippen molar-refractivity contribution in [2.24, 2.45) is 17.8 Å². The Morgan fingerprint density at radius 3 is 2.49 bits per heavy atom. The number of carboxylic acids is 1. The molecule has 7 heteroatoms. The third kappa shape index (κ3) is 8.17. The maximum Gasteiger partial charge on any atom is 0.347 e. The molecule has 0 aromatic heterocycles. The molecule has 0 spiro atoms. The number of benzene rings is 1. The van der Waals surface area contributed by atoms with Crippen LogP contribution < -0.4 is 4.74 Å². The largest absolute Gasteiger partial charge is 0.481 e. The fourth-order valence-corrected chi connectivity index (χ4v) is 5.55. The van der Waals surface area contributed by atoms with Crippen molar-refractivity contribution in [3.05, 3.63) is 53.6 Å². The first kappa shape index (κ1) is 28.9. The van der Waals surface area contributed by atoms with Gasteiger partial charge in [0.05, 0.1) is 18.6 Å². The fourth-order valence-electron chi connectivity index (χ4n) is 5.55. The van der Waals surface area contributed by atoms with E-state index >= 15 is 0 Å². The minimum atomic E-state index is -1.08. The molecule has 0 saturated carbocycles. The van der Waals surface area contributed by atoms with Gasteiger partial charge in [0.15, 0.2) is 6.10 Å². The molecule has 2 aliphatic rings. The normalized spacial score (nSPS) is 25.4. The Kier molecular flexibility index (Phi) is 10.8. The Hall–Kier alpha value is -2.64. The lowest BCUT2D eigenvalue weighted by Gasteiger charge is -2.42. The van der Waals surface area contributed by atoms with Crippen LogP contribution >= 0.6 is 0 Å². The summed E-state index contributed by atoms with van der Waals surface area (Å²) in [6.45, 7) is 6.13. The Balaban J connectivity index is 1.65. The maximum absolute atomic E-state index is 13.2. The molecule has 2 aliphatic carbocycles. The second kappa shape index (κ2) is 13.8. The lowest BCUT2D eigenvalue weighted by Crippen LogP contribution is -2.42. The number of aliphatic hydroxyl groups is 2. The number of aliphatic hydroxyl groups excluding tert-OH is 2. The molecule has 0 bridgehead atoms. The van der Waals surface area contributed by atoms with E-state index in [-0.39, 0.29) is 42.7 Å². The van der Waals surface area contributed by atoms with Crippen molar-refractivity contribution in [1.29, 1.82) is 0 Å². The van der Waals surface area contributed by atoms with Gasteiger partial charge in [-0.05, 0) is 80.1 Å². The molecule has 0 heterocycles. The van der Waals surface area contributed by atoms with Crippen molar-refractivity contribution in [2.75, 3.05) is 0 Å². The molecule has 0 aliphatic heterocycles. The van der Waals surface area contributed by atoms with Crippen LogP contribution in [0, 0.1) is 17.8 Å². The van der Waals surface area contributed by atoms with Crippen LogP contribution in [0.2, 0.25) is 0 Å². The molecular formula is C30H42O7. The predicted octanol–water partition coefficient (Wildman–Crippen LogP) is 4.84. The molecule has 7 unspecified atom stereocenters. The molecule has 3 rings (SSSR count). The summed E-state index contributed by atoms with van der Waals surface area (Å²) in [4.78, 5) is 24.0. The topological polar surface area (TPSA) is 113 Å². The van der Waals surface area contributed by atoms with E-state index in [0.29, 0.717) is 25.0 Å². The van der Waals surface area contributed by atoms with Gasteiger partial charge in [0, 0.05) is 5.92 Å². The molecule has 3 N–H and O–H groups in total. The van der Waals surface area contributed by atoms with Gasteiger partial charge in [-0.15, -0.1) is 0 Å². The highest BCUT2D eigenvalue weighted by atomic mass is 16.6. The van der Waals surface area contributed by atoms with E-state index in [0.717, 1.165) is 24.8 Å². The average Bonchev–Trinajstić information content (AvgIpc) is 2.86. The average molecular weight is 515 g/mol. The van der Waals surface area contributed by atoms with Gasteiger partial charge in [-0.25, -0.2) is 4.79 Å². The zero-order valence-electron chi connectivity index (χ0n) is 22.2. The number of carbonyl (C=O) groups is 2. The molecule has 1 aromatic rings. The zero-order valence-corrected chi connectivity index (χ0v) is 22.2. The highest BCUT2D eigenvalue weighted by molar-refractivity contribution is 5.75. The summed E-state index contributed by atoms with van der Waals surface area (Å²) in [7, 11) is 0. The van der Waals surface area contributed by atoms with Crippen LogP contribution in [0.15, 0.2) is 48.1 Å². The van der Waals surface area contributed by atoms with E-state index in [2.05, 4.69) is 32.1 Å². The van der Waals surface area contributed by atoms with Gasteiger partial charge < -0.3 is 24.8 Å². The highest BCUT2D eigenvalue weighted by Crippen LogP contribution is 2.44. The molecule has 0 amide bonds. The molecule has 1 aromatic carbocycles. The first-order valence-electron chi connectivity index (χ1n) is 13.6. The van der Waals surface area contributed by atoms with E-state index < -0.39 is 24.3 Å². The number of esters is 1. The van der Waals surface area contributed by atoms with Crippen LogP contribution in [0.3, 0.4) is 0 Å². The number of rotatable bonds is 13. The Morgan fingerprint density at radius 2 is 1.84 bits per heavy atom. The number of hydrogen-bond donors (Lipinski definition) is 3. The van der Waals surface area contributed by atoms with E-state index in [1.807, 2.05) is 31.2 Å². The first-order valence-corrected chi connectivity index (χ1v) is 13.6. The van der Waals surface area contributed by atoms with E-state index in [1.54, 1.807) is 0 Å². The van der Waals surface area contributed by atoms with E-state index in [1.165, 1.54) is 5.56 Å². The third-order valence-corrected chi connectivity index (χ3v) is 7.64. The van der Waals surface area contributed by atoms with Crippen LogP contribution in [0.4, 0.5) is 0 Å². The minimum absolute atomic E-state index is 0.0233. The van der Waals surface area contributed by atoms with Crippen LogP contribution in [0.5, 0.6) is 5.75 Å². The molecule has 37 heavy (non-hydrogen) atoms. The number of carboxylic acid groups (broad SMARTS) is 1. The van der Waals surface area contributed by atoms with Crippen LogP contribution in [0.25, 0.3) is 0 Å². The Morgan fingerprint density at radius 1 is 1.11 bits per heavy atom. The molecule has 7 nitrogen and oxygen atoms in total. The van der Waals surface area contributed by atoms with Gasteiger partial charge >= 0.3 is 11.9 Å². The second-order valence-electron chi connectivity index (χ2n) is 10.4. The van der Waals surface area contributed by atoms with Crippen LogP contribution in [-0.2, 0) is 20.7 Å². The molecule has 0 radical (unpaired) electrons. The number of fused-ring (bicyclic) bond motifs is 1. The van der Waals surface area contributed by atoms with Crippen molar-refractivity contribution >= 4 is 11.9 Å². The third-order valence-electron chi connectivity index (χ3n) is 7.64. The fraction of sp³-hybridized carbons (Fsp3) is 0.600. The van der Waals surface area contributed by atoms with Gasteiger partial charge in [0.25, 0.3) is 0 Å². The van der Waals surface area contributed by atoms with Gasteiger partial charge in [-0.2, -0.15) is 0 Å². The predicted molar refractivity (Wildman–Crippen MR) is 141 cm³/mol. The summed E-state index contributed by atoms with van der Waals surface area (Å²) in [6.07, 6.45) is 7.45. The number of hydrogen-bond acceptors (Lipinski definition) is 6. The quantitative estimate of drug-likeness (QED) is 0.323. The summed E-state index contributed by atoms with van der Waals surface area (Å²) in [6, 6.07) is 7.78. The summed E-state index contributed by atoms with van der Waals surface area (Å²) < 4.78 is 12.1. The number of ether oxygens (including phenoxy) is 2. The molecule has 0 fully saturated rings. The molecule has 7 atom stereocenters. The van der Waals surface area contributed by atoms with Crippen molar-refractivity contribution in [3.8, 4) is 5.75 Å². The van der Waals surface area contributed by atoms with Crippen LogP contribution in [-0.4, -0.2) is 51.7 Å². The Labute approximate surface area is 220 Å². The lowest BCUT2D eigenvalue weighted by atomic mass is 9.66. The van der Waals surface area contributed by atoms with E-state index in [4.69, 9.17) is 14.6 Å². The molecule has 204 valence electrons. The van der Waals surface area contributed by atoms with Gasteiger partial charge in [-0.3, -0.25) is 4.79 Å². The smallest absolute Gasteiger partial charge is 0.347 e. The SMILES string of the molecule is CCc1ccc(OC(CC)C(=O)OC2CCC=C3C=CC(C)C(CCC(O)CC(O)CC(=O)O)C32)cc1. The molecular weight excluding hydrogens is 472 g/mol. The van der Waals surface area contributed by atoms with Crippen molar-refractivity contribution in [1.82, 2.24) is 0 Å². The van der Waals surface area contributed by atoms with E-state index in [9.17, 15) is 19.8 Å². The summed E-state index contributed by atoms with van der Waals surface area (Å²) in [5.74, 6) is -0.381. The number of allylic oxidation sites excluding steroid dienone is 3. The first-order chi connectivity index (χ1) is 17.7. The molecule has 0 saturated heterocycles. The monoisotopic (exact) mass is 514 g/mol. The van der Waals surface area contributed by atoms with Crippen molar-refractivity contribution in [2.45, 2.75) is 96.6 Å². The second-order valence-corrected chi connectivity index (χ2v) is 10.4. The summed E-state index contributed by atoms with van der Waals surface area (Å²) in [5, 5.41) is 29.2. The van der Waals surface area contributed by atoms with Gasteiger partial charge in [0.1, 0.15) is 11.9 Å². The lowest BCUT2D eigenvalue weighted by molar-refractivity contribution is -0.162. The van der Waals surface area contributed by atoms with Gasteiger partial charge in [-0.1, -0.05) is 51.1 Å². The summed E-state index contributed by atoms with van der Waals surface area (Å²) in [5.41, 5.74) is 2.37. The van der Waals surface area contributed by atoms with Gasteiger partial charge in [0.2, 0.25) is 0 Å². The number of aliphatic carboxylic acids is 1. The van der Waals surface area contributed by atoms with Crippen molar-refractivity contribution < 1.29 is 34.4 Å². The van der Waals surface area contributed by atoms with Crippen LogP contribution in [0.1, 0.15) is 71.3 Å². The minimum Gasteiger partial charge on any atom is -0.481 e. The Bertz CT molecular complexity index is 951.